The molecule has 1 N–H and O–H groups in total. The van der Waals surface area contributed by atoms with E-state index in [0.717, 1.165) is 53.8 Å². The number of halogens is 2. The maximum absolute atomic E-state index is 13.9. The van der Waals surface area contributed by atoms with Crippen molar-refractivity contribution in [2.24, 2.45) is 0 Å². The van der Waals surface area contributed by atoms with Crippen LogP contribution in [-0.2, 0) is 16.1 Å². The second-order valence-electron chi connectivity index (χ2n) is 9.79. The first kappa shape index (κ1) is 26.8. The Hall–Kier alpha value is -3.29. The minimum atomic E-state index is -1.03. The standard InChI is InChI=1S/C30H34F2N2O3/c1-20-6-4-7-23(14-20)17-34(18-26-8-5-13-36-26)19-29(37-25-11-12-27(31)28(32)16-25)30(35)33-24-10-9-21(2)22(3)15-24/h4,6-7,9-12,14-16,26,29H,5,8,13,17-19H2,1-3H3,(H,33,35). The highest BCUT2D eigenvalue weighted by atomic mass is 19.2. The first-order valence-electron chi connectivity index (χ1n) is 12.7. The lowest BCUT2D eigenvalue weighted by atomic mass is 10.1. The fourth-order valence-corrected chi connectivity index (χ4v) is 4.51. The van der Waals surface area contributed by atoms with Crippen LogP contribution in [0.25, 0.3) is 0 Å². The average molecular weight is 509 g/mol. The summed E-state index contributed by atoms with van der Waals surface area (Å²) in [5.41, 5.74) is 5.08. The monoisotopic (exact) mass is 508 g/mol. The van der Waals surface area contributed by atoms with Gasteiger partial charge in [-0.1, -0.05) is 35.9 Å². The fourth-order valence-electron chi connectivity index (χ4n) is 4.51. The third kappa shape index (κ3) is 7.60. The minimum absolute atomic E-state index is 0.0662. The van der Waals surface area contributed by atoms with Crippen molar-refractivity contribution in [1.29, 1.82) is 0 Å². The van der Waals surface area contributed by atoms with Gasteiger partial charge in [0, 0.05) is 38.0 Å². The maximum atomic E-state index is 13.9. The van der Waals surface area contributed by atoms with E-state index in [4.69, 9.17) is 9.47 Å². The summed E-state index contributed by atoms with van der Waals surface area (Å²) in [5.74, 6) is -2.27. The molecule has 1 heterocycles. The van der Waals surface area contributed by atoms with E-state index < -0.39 is 17.7 Å². The first-order valence-corrected chi connectivity index (χ1v) is 12.7. The van der Waals surface area contributed by atoms with Crippen molar-refractivity contribution < 1.29 is 23.0 Å². The van der Waals surface area contributed by atoms with Crippen LogP contribution in [0.15, 0.2) is 60.7 Å². The van der Waals surface area contributed by atoms with Crippen LogP contribution >= 0.6 is 0 Å². The summed E-state index contributed by atoms with van der Waals surface area (Å²) in [4.78, 5) is 15.6. The predicted molar refractivity (Wildman–Crippen MR) is 141 cm³/mol. The van der Waals surface area contributed by atoms with Gasteiger partial charge in [0.1, 0.15) is 5.75 Å². The smallest absolute Gasteiger partial charge is 0.266 e. The molecule has 37 heavy (non-hydrogen) atoms. The van der Waals surface area contributed by atoms with Crippen LogP contribution in [0.3, 0.4) is 0 Å². The molecule has 4 rings (SSSR count). The molecule has 1 saturated heterocycles. The Balaban J connectivity index is 1.58. The van der Waals surface area contributed by atoms with Crippen molar-refractivity contribution in [3.8, 4) is 5.75 Å². The van der Waals surface area contributed by atoms with Crippen molar-refractivity contribution >= 4 is 11.6 Å². The van der Waals surface area contributed by atoms with Crippen molar-refractivity contribution in [1.82, 2.24) is 4.90 Å². The molecule has 0 aliphatic carbocycles. The van der Waals surface area contributed by atoms with Gasteiger partial charge in [-0.3, -0.25) is 9.69 Å². The molecule has 5 nitrogen and oxygen atoms in total. The third-order valence-electron chi connectivity index (χ3n) is 6.63. The number of nitrogens with one attached hydrogen (secondary N) is 1. The van der Waals surface area contributed by atoms with Crippen LogP contribution in [0.5, 0.6) is 5.75 Å². The number of nitrogens with zero attached hydrogens (tertiary/aromatic N) is 1. The average Bonchev–Trinajstić information content (AvgIpc) is 3.36. The third-order valence-corrected chi connectivity index (χ3v) is 6.63. The van der Waals surface area contributed by atoms with Crippen molar-refractivity contribution in [2.45, 2.75) is 52.4 Å². The molecule has 3 aromatic rings. The fraction of sp³-hybridized carbons (Fsp3) is 0.367. The quantitative estimate of drug-likeness (QED) is 0.367. The van der Waals surface area contributed by atoms with Gasteiger partial charge in [-0.15, -0.1) is 0 Å². The van der Waals surface area contributed by atoms with Gasteiger partial charge < -0.3 is 14.8 Å². The molecule has 0 saturated carbocycles. The van der Waals surface area contributed by atoms with E-state index in [1.807, 2.05) is 51.1 Å². The van der Waals surface area contributed by atoms with Crippen LogP contribution < -0.4 is 10.1 Å². The number of aryl methyl sites for hydroxylation is 3. The number of hydrogen-bond donors (Lipinski definition) is 1. The number of ether oxygens (including phenoxy) is 2. The van der Waals surface area contributed by atoms with Gasteiger partial charge in [-0.2, -0.15) is 0 Å². The molecule has 2 unspecified atom stereocenters. The number of amides is 1. The molecule has 196 valence electrons. The van der Waals surface area contributed by atoms with E-state index in [1.54, 1.807) is 0 Å². The van der Waals surface area contributed by atoms with Crippen LogP contribution in [0.1, 0.15) is 35.1 Å². The Kier molecular flexibility index (Phi) is 8.90. The van der Waals surface area contributed by atoms with E-state index in [1.165, 1.54) is 6.07 Å². The highest BCUT2D eigenvalue weighted by Crippen LogP contribution is 2.21. The Morgan fingerprint density at radius 1 is 1.05 bits per heavy atom. The molecule has 2 atom stereocenters. The minimum Gasteiger partial charge on any atom is -0.479 e. The van der Waals surface area contributed by atoms with E-state index in [9.17, 15) is 13.6 Å². The Morgan fingerprint density at radius 2 is 1.89 bits per heavy atom. The van der Waals surface area contributed by atoms with Crippen LogP contribution in [0.2, 0.25) is 0 Å². The zero-order valence-electron chi connectivity index (χ0n) is 21.6. The lowest BCUT2D eigenvalue weighted by Crippen LogP contribution is -2.45. The molecular weight excluding hydrogens is 474 g/mol. The Morgan fingerprint density at radius 3 is 2.59 bits per heavy atom. The van der Waals surface area contributed by atoms with E-state index in [-0.39, 0.29) is 24.3 Å². The zero-order chi connectivity index (χ0) is 26.4. The van der Waals surface area contributed by atoms with Gasteiger partial charge in [0.05, 0.1) is 6.10 Å². The molecule has 1 aliphatic rings. The molecule has 1 aliphatic heterocycles. The van der Waals surface area contributed by atoms with Gasteiger partial charge in [0.2, 0.25) is 0 Å². The molecule has 7 heteroatoms. The highest BCUT2D eigenvalue weighted by Gasteiger charge is 2.27. The molecular formula is C30H34F2N2O3. The second kappa shape index (κ2) is 12.3. The summed E-state index contributed by atoms with van der Waals surface area (Å²) in [6.45, 7) is 8.21. The van der Waals surface area contributed by atoms with E-state index in [0.29, 0.717) is 18.8 Å². The number of rotatable bonds is 10. The number of anilines is 1. The van der Waals surface area contributed by atoms with Crippen molar-refractivity contribution in [3.05, 3.63) is 94.6 Å². The van der Waals surface area contributed by atoms with Gasteiger partial charge in [0.25, 0.3) is 5.91 Å². The predicted octanol–water partition coefficient (Wildman–Crippen LogP) is 5.96. The molecule has 0 aromatic heterocycles. The lowest BCUT2D eigenvalue weighted by molar-refractivity contribution is -0.123. The molecule has 1 amide bonds. The Labute approximate surface area is 217 Å². The van der Waals surface area contributed by atoms with Gasteiger partial charge in [-0.05, 0) is 74.6 Å². The number of benzene rings is 3. The normalized spacial score (nSPS) is 16.1. The largest absolute Gasteiger partial charge is 0.479 e. The lowest BCUT2D eigenvalue weighted by Gasteiger charge is -2.29. The van der Waals surface area contributed by atoms with Crippen molar-refractivity contribution in [2.75, 3.05) is 25.0 Å². The summed E-state index contributed by atoms with van der Waals surface area (Å²) in [5, 5.41) is 2.94. The molecule has 0 bridgehead atoms. The maximum Gasteiger partial charge on any atom is 0.266 e. The molecule has 0 spiro atoms. The summed E-state index contributed by atoms with van der Waals surface area (Å²) in [6, 6.07) is 17.2. The topological polar surface area (TPSA) is 50.8 Å². The summed E-state index contributed by atoms with van der Waals surface area (Å²) in [6.07, 6.45) is 1.05. The SMILES string of the molecule is Cc1cccc(CN(CC2CCCO2)CC(Oc2ccc(F)c(F)c2)C(=O)Nc2ccc(C)c(C)c2)c1. The number of carbonyl (C=O) groups excluding carboxylic acids is 1. The van der Waals surface area contributed by atoms with Crippen LogP contribution in [0, 0.1) is 32.4 Å². The number of hydrogen-bond acceptors (Lipinski definition) is 4. The van der Waals surface area contributed by atoms with E-state index in [2.05, 4.69) is 22.3 Å². The van der Waals surface area contributed by atoms with Crippen LogP contribution in [-0.4, -0.2) is 42.7 Å². The molecule has 1 fully saturated rings. The highest BCUT2D eigenvalue weighted by molar-refractivity contribution is 5.94. The zero-order valence-corrected chi connectivity index (χ0v) is 21.6. The van der Waals surface area contributed by atoms with Gasteiger partial charge in [-0.25, -0.2) is 8.78 Å². The Bertz CT molecular complexity index is 1230. The first-order chi connectivity index (χ1) is 17.8. The van der Waals surface area contributed by atoms with Crippen LogP contribution in [0.4, 0.5) is 14.5 Å². The summed E-state index contributed by atoms with van der Waals surface area (Å²) in [7, 11) is 0. The molecule has 0 radical (unpaired) electrons. The van der Waals surface area contributed by atoms with E-state index >= 15 is 0 Å². The van der Waals surface area contributed by atoms with Crippen molar-refractivity contribution in [3.63, 3.8) is 0 Å². The number of carbonyl (C=O) groups is 1. The summed E-state index contributed by atoms with van der Waals surface area (Å²) >= 11 is 0. The van der Waals surface area contributed by atoms with Gasteiger partial charge in [0.15, 0.2) is 17.7 Å². The summed E-state index contributed by atoms with van der Waals surface area (Å²) < 4.78 is 39.3. The second-order valence-corrected chi connectivity index (χ2v) is 9.79. The molecule has 3 aromatic carbocycles. The van der Waals surface area contributed by atoms with Gasteiger partial charge >= 0.3 is 0 Å².